The summed E-state index contributed by atoms with van der Waals surface area (Å²) in [5.41, 5.74) is 0. The van der Waals surface area contributed by atoms with Crippen molar-refractivity contribution in [3.05, 3.63) is 0 Å². The Labute approximate surface area is 118 Å². The highest BCUT2D eigenvalue weighted by Crippen LogP contribution is 2.18. The van der Waals surface area contributed by atoms with Gasteiger partial charge in [0.15, 0.2) is 0 Å². The molecule has 0 N–H and O–H groups in total. The van der Waals surface area contributed by atoms with Gasteiger partial charge in [-0.15, -0.1) is 0 Å². The molecular weight excluding hydrogens is 262 g/mol. The van der Waals surface area contributed by atoms with Crippen molar-refractivity contribution in [1.29, 1.82) is 0 Å². The number of methoxy groups -OCH3 is 1. The zero-order valence-corrected chi connectivity index (χ0v) is 12.0. The summed E-state index contributed by atoms with van der Waals surface area (Å²) in [6.45, 7) is 3.78. The van der Waals surface area contributed by atoms with Crippen LogP contribution in [0.25, 0.3) is 0 Å². The summed E-state index contributed by atoms with van der Waals surface area (Å²) in [7, 11) is 2.93. The van der Waals surface area contributed by atoms with Gasteiger partial charge in [0, 0.05) is 39.8 Å². The zero-order valence-electron chi connectivity index (χ0n) is 12.0. The van der Waals surface area contributed by atoms with Crippen LogP contribution in [0.1, 0.15) is 12.8 Å². The Morgan fingerprint density at radius 1 is 1.25 bits per heavy atom. The van der Waals surface area contributed by atoms with E-state index in [1.807, 2.05) is 0 Å². The monoisotopic (exact) mass is 283 g/mol. The minimum atomic E-state index is -0.296. The summed E-state index contributed by atoms with van der Waals surface area (Å²) in [6.07, 6.45) is 0.678. The van der Waals surface area contributed by atoms with Crippen molar-refractivity contribution in [2.75, 3.05) is 46.9 Å². The minimum Gasteiger partial charge on any atom is -0.469 e. The van der Waals surface area contributed by atoms with Crippen molar-refractivity contribution >= 4 is 17.8 Å². The number of piperazine rings is 1. The van der Waals surface area contributed by atoms with Crippen LogP contribution in [-0.4, -0.2) is 85.4 Å². The molecule has 112 valence electrons. The van der Waals surface area contributed by atoms with Gasteiger partial charge in [-0.3, -0.25) is 24.2 Å². The van der Waals surface area contributed by atoms with Crippen LogP contribution in [0.3, 0.4) is 0 Å². The molecule has 0 aromatic rings. The van der Waals surface area contributed by atoms with Gasteiger partial charge in [-0.05, 0) is 0 Å². The number of nitrogens with zero attached hydrogens (tertiary/aromatic N) is 3. The second kappa shape index (κ2) is 6.32. The molecule has 0 aromatic heterocycles. The Balaban J connectivity index is 1.78. The number of imide groups is 1. The first-order valence-electron chi connectivity index (χ1n) is 6.86. The first-order chi connectivity index (χ1) is 9.52. The van der Waals surface area contributed by atoms with Gasteiger partial charge >= 0.3 is 5.97 Å². The standard InChI is InChI=1S/C13H21N3O4/c1-14-11(17)9-10(13(14)19)16-7-5-15(6-8-16)4-3-12(18)20-2/h10H,3-9H2,1-2H3. The molecule has 0 radical (unpaired) electrons. The molecule has 2 heterocycles. The van der Waals surface area contributed by atoms with E-state index in [1.54, 1.807) is 0 Å². The summed E-state index contributed by atoms with van der Waals surface area (Å²) in [5.74, 6) is -0.406. The van der Waals surface area contributed by atoms with Gasteiger partial charge in [0.1, 0.15) is 0 Å². The van der Waals surface area contributed by atoms with Gasteiger partial charge in [-0.1, -0.05) is 0 Å². The third-order valence-corrected chi connectivity index (χ3v) is 4.07. The van der Waals surface area contributed by atoms with Crippen molar-refractivity contribution in [2.45, 2.75) is 18.9 Å². The molecule has 7 heteroatoms. The predicted octanol–water partition coefficient (Wildman–Crippen LogP) is -1.08. The smallest absolute Gasteiger partial charge is 0.306 e. The number of likely N-dealkylation sites (tertiary alicyclic amines) is 1. The number of esters is 1. The normalized spacial score (nSPS) is 25.3. The van der Waals surface area contributed by atoms with Crippen LogP contribution in [0, 0.1) is 0 Å². The average Bonchev–Trinajstić information content (AvgIpc) is 2.73. The first-order valence-corrected chi connectivity index (χ1v) is 6.86. The minimum absolute atomic E-state index is 0.0991. The summed E-state index contributed by atoms with van der Waals surface area (Å²) in [5, 5.41) is 0. The van der Waals surface area contributed by atoms with E-state index < -0.39 is 0 Å². The number of amides is 2. The summed E-state index contributed by atoms with van der Waals surface area (Å²) in [4.78, 5) is 40.0. The molecule has 2 fully saturated rings. The largest absolute Gasteiger partial charge is 0.469 e. The van der Waals surface area contributed by atoms with E-state index in [0.717, 1.165) is 26.2 Å². The molecule has 2 amide bonds. The second-order valence-corrected chi connectivity index (χ2v) is 5.21. The van der Waals surface area contributed by atoms with E-state index in [-0.39, 0.29) is 30.2 Å². The number of rotatable bonds is 4. The summed E-state index contributed by atoms with van der Waals surface area (Å²) >= 11 is 0. The molecule has 2 aliphatic rings. The van der Waals surface area contributed by atoms with Gasteiger partial charge in [0.05, 0.1) is 26.0 Å². The summed E-state index contributed by atoms with van der Waals surface area (Å²) in [6, 6.07) is -0.296. The Bertz CT molecular complexity index is 404. The molecule has 20 heavy (non-hydrogen) atoms. The van der Waals surface area contributed by atoms with Gasteiger partial charge in [0.25, 0.3) is 0 Å². The number of hydrogen-bond acceptors (Lipinski definition) is 6. The van der Waals surface area contributed by atoms with E-state index in [9.17, 15) is 14.4 Å². The van der Waals surface area contributed by atoms with Crippen LogP contribution in [-0.2, 0) is 19.1 Å². The predicted molar refractivity (Wildman–Crippen MR) is 70.8 cm³/mol. The van der Waals surface area contributed by atoms with Crippen molar-refractivity contribution in [1.82, 2.24) is 14.7 Å². The number of hydrogen-bond donors (Lipinski definition) is 0. The molecule has 0 aromatic carbocycles. The first kappa shape index (κ1) is 14.9. The second-order valence-electron chi connectivity index (χ2n) is 5.21. The van der Waals surface area contributed by atoms with E-state index in [1.165, 1.54) is 19.1 Å². The van der Waals surface area contributed by atoms with Crippen LogP contribution >= 0.6 is 0 Å². The Kier molecular flexibility index (Phi) is 4.72. The van der Waals surface area contributed by atoms with Gasteiger partial charge in [-0.2, -0.15) is 0 Å². The molecule has 7 nitrogen and oxygen atoms in total. The molecule has 1 atom stereocenters. The molecule has 1 unspecified atom stereocenters. The number of carbonyl (C=O) groups excluding carboxylic acids is 3. The van der Waals surface area contributed by atoms with Crippen molar-refractivity contribution in [3.8, 4) is 0 Å². The van der Waals surface area contributed by atoms with Crippen LogP contribution in [0.5, 0.6) is 0 Å². The Hall–Kier alpha value is -1.47. The SMILES string of the molecule is COC(=O)CCN1CCN(C2CC(=O)N(C)C2=O)CC1. The van der Waals surface area contributed by atoms with Gasteiger partial charge in [0.2, 0.25) is 11.8 Å². The van der Waals surface area contributed by atoms with E-state index in [0.29, 0.717) is 13.0 Å². The average molecular weight is 283 g/mol. The van der Waals surface area contributed by atoms with E-state index >= 15 is 0 Å². The van der Waals surface area contributed by atoms with Crippen molar-refractivity contribution in [3.63, 3.8) is 0 Å². The van der Waals surface area contributed by atoms with Crippen molar-refractivity contribution < 1.29 is 19.1 Å². The van der Waals surface area contributed by atoms with Crippen LogP contribution < -0.4 is 0 Å². The highest BCUT2D eigenvalue weighted by Gasteiger charge is 2.40. The molecule has 0 aliphatic carbocycles. The van der Waals surface area contributed by atoms with Crippen LogP contribution in [0.2, 0.25) is 0 Å². The fourth-order valence-electron chi connectivity index (χ4n) is 2.67. The lowest BCUT2D eigenvalue weighted by atomic mass is 10.1. The lowest BCUT2D eigenvalue weighted by Crippen LogP contribution is -2.52. The molecule has 2 rings (SSSR count). The molecule has 2 saturated heterocycles. The maximum atomic E-state index is 11.9. The Morgan fingerprint density at radius 2 is 1.90 bits per heavy atom. The molecular formula is C13H21N3O4. The summed E-state index contributed by atoms with van der Waals surface area (Å²) < 4.78 is 4.62. The molecule has 0 bridgehead atoms. The maximum Gasteiger partial charge on any atom is 0.306 e. The lowest BCUT2D eigenvalue weighted by Gasteiger charge is -2.36. The van der Waals surface area contributed by atoms with Crippen LogP contribution in [0.15, 0.2) is 0 Å². The number of likely N-dealkylation sites (N-methyl/N-ethyl adjacent to an activating group) is 1. The number of carbonyl (C=O) groups is 3. The van der Waals surface area contributed by atoms with Crippen LogP contribution in [0.4, 0.5) is 0 Å². The molecule has 0 spiro atoms. The highest BCUT2D eigenvalue weighted by molar-refractivity contribution is 6.05. The van der Waals surface area contributed by atoms with E-state index in [2.05, 4.69) is 14.5 Å². The third-order valence-electron chi connectivity index (χ3n) is 4.07. The topological polar surface area (TPSA) is 70.2 Å². The zero-order chi connectivity index (χ0) is 14.7. The third kappa shape index (κ3) is 3.16. The van der Waals surface area contributed by atoms with E-state index in [4.69, 9.17) is 0 Å². The quantitative estimate of drug-likeness (QED) is 0.483. The fraction of sp³-hybridized carbons (Fsp3) is 0.769. The maximum absolute atomic E-state index is 11.9. The molecule has 0 saturated carbocycles. The lowest BCUT2D eigenvalue weighted by molar-refractivity contribution is -0.141. The van der Waals surface area contributed by atoms with Crippen molar-refractivity contribution in [2.24, 2.45) is 0 Å². The number of ether oxygens (including phenoxy) is 1. The highest BCUT2D eigenvalue weighted by atomic mass is 16.5. The van der Waals surface area contributed by atoms with Gasteiger partial charge < -0.3 is 9.64 Å². The molecule has 2 aliphatic heterocycles. The Morgan fingerprint density at radius 3 is 2.40 bits per heavy atom. The van der Waals surface area contributed by atoms with Gasteiger partial charge in [-0.25, -0.2) is 0 Å². The fourth-order valence-corrected chi connectivity index (χ4v) is 2.67.